The van der Waals surface area contributed by atoms with Crippen LogP contribution in [0.15, 0.2) is 23.0 Å². The molecule has 0 spiro atoms. The Morgan fingerprint density at radius 2 is 1.97 bits per heavy atom. The standard InChI is InChI=1S/C27H31FN2O5/c1-15(2)35-8-6-5-7-18-20-9-16(3)23(28)11-24(20)29-26-21(18)12-30-25(26)10-19(17(4)32)22(27(30)33)13-34-14-31/h9-11,14-15,17,32H,5-8,12-13H2,1-4H3. The fraction of sp³-hybridized carbons (Fsp3) is 0.444. The number of aryl methyl sites for hydroxylation is 2. The van der Waals surface area contributed by atoms with Crippen molar-refractivity contribution in [3.05, 3.63) is 62.2 Å². The summed E-state index contributed by atoms with van der Waals surface area (Å²) in [5, 5.41) is 11.2. The molecule has 0 bridgehead atoms. The Kier molecular flexibility index (Phi) is 7.33. The Bertz CT molecular complexity index is 1330. The summed E-state index contributed by atoms with van der Waals surface area (Å²) in [4.78, 5) is 28.9. The van der Waals surface area contributed by atoms with Gasteiger partial charge in [-0.1, -0.05) is 0 Å². The molecule has 1 atom stereocenters. The van der Waals surface area contributed by atoms with Gasteiger partial charge in [-0.05, 0) is 75.8 Å². The van der Waals surface area contributed by atoms with Crippen LogP contribution in [-0.4, -0.2) is 33.8 Å². The van der Waals surface area contributed by atoms with E-state index in [9.17, 15) is 19.1 Å². The summed E-state index contributed by atoms with van der Waals surface area (Å²) in [6, 6.07) is 5.00. The Morgan fingerprint density at radius 3 is 2.66 bits per heavy atom. The molecule has 0 saturated heterocycles. The number of fused-ring (bicyclic) bond motifs is 4. The van der Waals surface area contributed by atoms with E-state index in [4.69, 9.17) is 14.5 Å². The van der Waals surface area contributed by atoms with Gasteiger partial charge in [0.2, 0.25) is 0 Å². The summed E-state index contributed by atoms with van der Waals surface area (Å²) in [5.74, 6) is -0.331. The highest BCUT2D eigenvalue weighted by Crippen LogP contribution is 2.38. The third-order valence-corrected chi connectivity index (χ3v) is 6.50. The van der Waals surface area contributed by atoms with Gasteiger partial charge in [-0.2, -0.15) is 0 Å². The van der Waals surface area contributed by atoms with Crippen molar-refractivity contribution in [1.29, 1.82) is 0 Å². The van der Waals surface area contributed by atoms with Gasteiger partial charge >= 0.3 is 0 Å². The van der Waals surface area contributed by atoms with E-state index < -0.39 is 6.10 Å². The Balaban J connectivity index is 1.84. The zero-order valence-electron chi connectivity index (χ0n) is 20.6. The number of ether oxygens (including phenoxy) is 2. The van der Waals surface area contributed by atoms with E-state index in [1.807, 2.05) is 19.9 Å². The van der Waals surface area contributed by atoms with Crippen molar-refractivity contribution in [2.45, 2.75) is 72.3 Å². The number of pyridine rings is 2. The van der Waals surface area contributed by atoms with Crippen LogP contribution in [0, 0.1) is 12.7 Å². The van der Waals surface area contributed by atoms with E-state index in [2.05, 4.69) is 0 Å². The number of halogens is 1. The van der Waals surface area contributed by atoms with Crippen molar-refractivity contribution in [2.24, 2.45) is 0 Å². The minimum absolute atomic E-state index is 0.175. The average molecular weight is 483 g/mol. The Hall–Kier alpha value is -3.10. The Morgan fingerprint density at radius 1 is 1.20 bits per heavy atom. The van der Waals surface area contributed by atoms with Crippen LogP contribution in [0.4, 0.5) is 4.39 Å². The fourth-order valence-corrected chi connectivity index (χ4v) is 4.74. The average Bonchev–Trinajstić information content (AvgIpc) is 3.17. The van der Waals surface area contributed by atoms with Crippen LogP contribution in [-0.2, 0) is 33.8 Å². The van der Waals surface area contributed by atoms with E-state index in [1.165, 1.54) is 6.07 Å². The van der Waals surface area contributed by atoms with E-state index in [0.717, 1.165) is 35.8 Å². The van der Waals surface area contributed by atoms with Gasteiger partial charge in [-0.15, -0.1) is 0 Å². The second kappa shape index (κ2) is 10.3. The zero-order chi connectivity index (χ0) is 25.3. The molecule has 1 aromatic carbocycles. The third-order valence-electron chi connectivity index (χ3n) is 6.50. The number of carbonyl (C=O) groups excluding carboxylic acids is 1. The molecule has 0 radical (unpaired) electrons. The van der Waals surface area contributed by atoms with Crippen LogP contribution in [0.3, 0.4) is 0 Å². The van der Waals surface area contributed by atoms with E-state index in [0.29, 0.717) is 41.2 Å². The van der Waals surface area contributed by atoms with E-state index in [1.54, 1.807) is 24.5 Å². The van der Waals surface area contributed by atoms with Crippen LogP contribution in [0.1, 0.15) is 67.5 Å². The van der Waals surface area contributed by atoms with E-state index in [-0.39, 0.29) is 36.1 Å². The van der Waals surface area contributed by atoms with E-state index >= 15 is 0 Å². The lowest BCUT2D eigenvalue weighted by molar-refractivity contribution is -0.129. The number of carbonyl (C=O) groups is 1. The number of aliphatic hydroxyl groups excluding tert-OH is 1. The number of aromatic nitrogens is 2. The zero-order valence-corrected chi connectivity index (χ0v) is 20.6. The SMILES string of the molecule is Cc1cc2c(CCCCOC(C)C)c3c(nc2cc1F)-c1cc(C(C)O)c(COC=O)c(=O)n1C3. The maximum atomic E-state index is 14.5. The van der Waals surface area contributed by atoms with Crippen molar-refractivity contribution in [3.8, 4) is 11.4 Å². The number of hydrogen-bond donors (Lipinski definition) is 1. The first-order valence-electron chi connectivity index (χ1n) is 12.0. The second-order valence-corrected chi connectivity index (χ2v) is 9.35. The highest BCUT2D eigenvalue weighted by molar-refractivity contribution is 5.88. The van der Waals surface area contributed by atoms with Crippen molar-refractivity contribution in [3.63, 3.8) is 0 Å². The normalized spacial score (nSPS) is 13.2. The number of hydrogen-bond acceptors (Lipinski definition) is 6. The first-order valence-corrected chi connectivity index (χ1v) is 12.0. The van der Waals surface area contributed by atoms with Crippen molar-refractivity contribution in [2.75, 3.05) is 6.61 Å². The quantitative estimate of drug-likeness (QED) is 0.267. The Labute approximate surface area is 203 Å². The van der Waals surface area contributed by atoms with Crippen LogP contribution in [0.5, 0.6) is 0 Å². The molecule has 0 fully saturated rings. The lowest BCUT2D eigenvalue weighted by atomic mass is 9.95. The molecular weight excluding hydrogens is 451 g/mol. The van der Waals surface area contributed by atoms with Gasteiger partial charge in [0.05, 0.1) is 41.2 Å². The molecule has 35 heavy (non-hydrogen) atoms. The van der Waals surface area contributed by atoms with Crippen LogP contribution in [0.25, 0.3) is 22.3 Å². The predicted molar refractivity (Wildman–Crippen MR) is 131 cm³/mol. The summed E-state index contributed by atoms with van der Waals surface area (Å²) >= 11 is 0. The molecule has 186 valence electrons. The predicted octanol–water partition coefficient (Wildman–Crippen LogP) is 4.35. The molecule has 0 saturated carbocycles. The van der Waals surface area contributed by atoms with Crippen molar-refractivity contribution >= 4 is 17.4 Å². The summed E-state index contributed by atoms with van der Waals surface area (Å²) in [6.07, 6.45) is 1.72. The molecule has 3 heterocycles. The summed E-state index contributed by atoms with van der Waals surface area (Å²) in [5.41, 5.74) is 4.54. The number of aliphatic hydroxyl groups is 1. The molecule has 1 unspecified atom stereocenters. The lowest BCUT2D eigenvalue weighted by Gasteiger charge is -2.14. The van der Waals surface area contributed by atoms with Gasteiger partial charge in [0.25, 0.3) is 12.0 Å². The molecule has 3 aromatic rings. The second-order valence-electron chi connectivity index (χ2n) is 9.35. The van der Waals surface area contributed by atoms with Crippen LogP contribution in [0.2, 0.25) is 0 Å². The van der Waals surface area contributed by atoms with Gasteiger partial charge < -0.3 is 19.1 Å². The topological polar surface area (TPSA) is 90.7 Å². The van der Waals surface area contributed by atoms with Gasteiger partial charge in [0, 0.05) is 23.6 Å². The maximum Gasteiger partial charge on any atom is 0.293 e. The minimum atomic E-state index is -0.941. The highest BCUT2D eigenvalue weighted by Gasteiger charge is 2.29. The molecule has 4 rings (SSSR count). The smallest absolute Gasteiger partial charge is 0.293 e. The van der Waals surface area contributed by atoms with Gasteiger partial charge in [0.1, 0.15) is 12.4 Å². The van der Waals surface area contributed by atoms with Crippen LogP contribution >= 0.6 is 0 Å². The van der Waals surface area contributed by atoms with Gasteiger partial charge in [-0.3, -0.25) is 9.59 Å². The molecule has 1 N–H and O–H groups in total. The van der Waals surface area contributed by atoms with Crippen LogP contribution < -0.4 is 5.56 Å². The molecule has 1 aliphatic rings. The third kappa shape index (κ3) is 4.86. The molecular formula is C27H31FN2O5. The molecule has 8 heteroatoms. The number of nitrogens with zero attached hydrogens (tertiary/aromatic N) is 2. The summed E-state index contributed by atoms with van der Waals surface area (Å²) in [7, 11) is 0. The summed E-state index contributed by atoms with van der Waals surface area (Å²) < 4.78 is 26.6. The van der Waals surface area contributed by atoms with Crippen molar-refractivity contribution in [1.82, 2.24) is 9.55 Å². The monoisotopic (exact) mass is 482 g/mol. The van der Waals surface area contributed by atoms with Gasteiger partial charge in [-0.25, -0.2) is 9.37 Å². The summed E-state index contributed by atoms with van der Waals surface area (Å²) in [6.45, 7) is 8.34. The molecule has 2 aromatic heterocycles. The number of unbranched alkanes of at least 4 members (excludes halogenated alkanes) is 1. The van der Waals surface area contributed by atoms with Crippen molar-refractivity contribution < 1.29 is 23.8 Å². The number of benzene rings is 1. The lowest BCUT2D eigenvalue weighted by Crippen LogP contribution is -2.26. The molecule has 0 amide bonds. The van der Waals surface area contributed by atoms with Gasteiger partial charge in [0.15, 0.2) is 0 Å². The fourth-order valence-electron chi connectivity index (χ4n) is 4.74. The molecule has 7 nitrogen and oxygen atoms in total. The first kappa shape index (κ1) is 25.0. The largest absolute Gasteiger partial charge is 0.463 e. The first-order chi connectivity index (χ1) is 16.7. The minimum Gasteiger partial charge on any atom is -0.463 e. The number of rotatable bonds is 10. The maximum absolute atomic E-state index is 14.5. The highest BCUT2D eigenvalue weighted by atomic mass is 19.1. The molecule has 0 aliphatic carbocycles. The molecule has 1 aliphatic heterocycles.